The average molecular weight is 288 g/mol. The van der Waals surface area contributed by atoms with Crippen molar-refractivity contribution in [2.75, 3.05) is 6.54 Å². The number of carbonyl (C=O) groups is 2. The molecule has 1 rings (SSSR count). The first-order chi connectivity index (χ1) is 8.90. The van der Waals surface area contributed by atoms with Crippen molar-refractivity contribution in [3.8, 4) is 0 Å². The molecule has 0 bridgehead atoms. The quantitative estimate of drug-likeness (QED) is 0.517. The SMILES string of the molecule is O=C(O)CNNC(=O)Cc1ccc(Cl)cc1[N+](=O)[O-]. The Morgan fingerprint density at radius 1 is 1.42 bits per heavy atom. The zero-order valence-electron chi connectivity index (χ0n) is 9.55. The number of nitro groups is 1. The van der Waals surface area contributed by atoms with Gasteiger partial charge in [0.25, 0.3) is 5.69 Å². The Bertz CT molecular complexity index is 520. The van der Waals surface area contributed by atoms with Crippen LogP contribution in [0, 0.1) is 10.1 Å². The fourth-order valence-electron chi connectivity index (χ4n) is 1.29. The summed E-state index contributed by atoms with van der Waals surface area (Å²) in [5.41, 5.74) is 4.21. The van der Waals surface area contributed by atoms with Crippen LogP contribution in [0.3, 0.4) is 0 Å². The molecule has 1 aromatic rings. The zero-order valence-corrected chi connectivity index (χ0v) is 10.3. The summed E-state index contributed by atoms with van der Waals surface area (Å²) in [5.74, 6) is -1.73. The summed E-state index contributed by atoms with van der Waals surface area (Å²) < 4.78 is 0. The molecule has 9 heteroatoms. The molecule has 19 heavy (non-hydrogen) atoms. The highest BCUT2D eigenvalue weighted by atomic mass is 35.5. The fraction of sp³-hybridized carbons (Fsp3) is 0.200. The highest BCUT2D eigenvalue weighted by Crippen LogP contribution is 2.23. The number of nitrogens with zero attached hydrogens (tertiary/aromatic N) is 1. The van der Waals surface area contributed by atoms with E-state index in [0.717, 1.165) is 6.07 Å². The van der Waals surface area contributed by atoms with Crippen LogP contribution in [-0.4, -0.2) is 28.5 Å². The van der Waals surface area contributed by atoms with E-state index in [1.165, 1.54) is 12.1 Å². The number of hydrazine groups is 1. The Morgan fingerprint density at radius 3 is 2.68 bits per heavy atom. The number of nitro benzene ring substituents is 1. The molecule has 0 fully saturated rings. The number of amides is 1. The third-order valence-corrected chi connectivity index (χ3v) is 2.30. The molecule has 0 unspecified atom stereocenters. The van der Waals surface area contributed by atoms with Crippen molar-refractivity contribution in [1.82, 2.24) is 10.9 Å². The van der Waals surface area contributed by atoms with Crippen LogP contribution < -0.4 is 10.9 Å². The Kier molecular flexibility index (Phi) is 5.22. The number of carboxylic acids is 1. The first-order valence-corrected chi connectivity index (χ1v) is 5.44. The molecule has 0 aromatic heterocycles. The second-order valence-corrected chi connectivity index (χ2v) is 3.94. The minimum Gasteiger partial charge on any atom is -0.480 e. The maximum atomic E-state index is 11.4. The molecule has 0 atom stereocenters. The van der Waals surface area contributed by atoms with Crippen molar-refractivity contribution in [2.24, 2.45) is 0 Å². The lowest BCUT2D eigenvalue weighted by atomic mass is 10.1. The number of halogens is 1. The molecule has 0 radical (unpaired) electrons. The molecule has 102 valence electrons. The van der Waals surface area contributed by atoms with Gasteiger partial charge in [0.1, 0.15) is 6.54 Å². The smallest absolute Gasteiger partial charge is 0.319 e. The topological polar surface area (TPSA) is 122 Å². The summed E-state index contributed by atoms with van der Waals surface area (Å²) in [5, 5.41) is 19.3. The fourth-order valence-corrected chi connectivity index (χ4v) is 1.46. The van der Waals surface area contributed by atoms with Gasteiger partial charge in [-0.15, -0.1) is 0 Å². The summed E-state index contributed by atoms with van der Waals surface area (Å²) in [6, 6.07) is 3.95. The summed E-state index contributed by atoms with van der Waals surface area (Å²) in [4.78, 5) is 31.8. The molecule has 0 saturated carbocycles. The third-order valence-electron chi connectivity index (χ3n) is 2.06. The van der Waals surface area contributed by atoms with E-state index in [-0.39, 0.29) is 22.7 Å². The van der Waals surface area contributed by atoms with Gasteiger partial charge in [0.2, 0.25) is 5.91 Å². The largest absolute Gasteiger partial charge is 0.480 e. The summed E-state index contributed by atoms with van der Waals surface area (Å²) in [6.07, 6.45) is -0.264. The highest BCUT2D eigenvalue weighted by molar-refractivity contribution is 6.30. The average Bonchev–Trinajstić information content (AvgIpc) is 2.30. The van der Waals surface area contributed by atoms with Crippen molar-refractivity contribution in [1.29, 1.82) is 0 Å². The molecule has 0 heterocycles. The van der Waals surface area contributed by atoms with E-state index in [2.05, 4.69) is 10.9 Å². The lowest BCUT2D eigenvalue weighted by molar-refractivity contribution is -0.385. The number of hydrogen-bond acceptors (Lipinski definition) is 5. The molecule has 0 aliphatic carbocycles. The number of carbonyl (C=O) groups excluding carboxylic acids is 1. The van der Waals surface area contributed by atoms with Gasteiger partial charge in [0.15, 0.2) is 0 Å². The predicted molar refractivity (Wildman–Crippen MR) is 65.6 cm³/mol. The summed E-state index contributed by atoms with van der Waals surface area (Å²) in [7, 11) is 0. The maximum Gasteiger partial charge on any atom is 0.319 e. The lowest BCUT2D eigenvalue weighted by Crippen LogP contribution is -2.41. The van der Waals surface area contributed by atoms with Crippen molar-refractivity contribution < 1.29 is 19.6 Å². The van der Waals surface area contributed by atoms with Crippen LogP contribution in [0.25, 0.3) is 0 Å². The highest BCUT2D eigenvalue weighted by Gasteiger charge is 2.16. The number of benzene rings is 1. The number of nitrogens with one attached hydrogen (secondary N) is 2. The number of rotatable bonds is 6. The Labute approximate surface area is 112 Å². The van der Waals surface area contributed by atoms with Crippen LogP contribution in [0.15, 0.2) is 18.2 Å². The van der Waals surface area contributed by atoms with E-state index in [4.69, 9.17) is 16.7 Å². The van der Waals surface area contributed by atoms with Crippen LogP contribution in [0.2, 0.25) is 5.02 Å². The molecular weight excluding hydrogens is 278 g/mol. The molecule has 0 aliphatic heterocycles. The first-order valence-electron chi connectivity index (χ1n) is 5.06. The molecule has 3 N–H and O–H groups in total. The molecular formula is C10H10ClN3O5. The van der Waals surface area contributed by atoms with Crippen LogP contribution in [0.4, 0.5) is 5.69 Å². The van der Waals surface area contributed by atoms with Crippen molar-refractivity contribution in [2.45, 2.75) is 6.42 Å². The molecule has 8 nitrogen and oxygen atoms in total. The second-order valence-electron chi connectivity index (χ2n) is 3.50. The van der Waals surface area contributed by atoms with E-state index in [0.29, 0.717) is 0 Å². The molecule has 0 aliphatic rings. The van der Waals surface area contributed by atoms with Gasteiger partial charge in [0, 0.05) is 16.7 Å². The Hall–Kier alpha value is -2.19. The standard InChI is InChI=1S/C10H10ClN3O5/c11-7-2-1-6(8(4-7)14(18)19)3-9(15)13-12-5-10(16)17/h1-2,4,12H,3,5H2,(H,13,15)(H,16,17). The molecule has 1 aromatic carbocycles. The third kappa shape index (κ3) is 4.90. The molecule has 1 amide bonds. The van der Waals surface area contributed by atoms with Crippen molar-refractivity contribution in [3.63, 3.8) is 0 Å². The monoisotopic (exact) mass is 287 g/mol. The summed E-state index contributed by atoms with van der Waals surface area (Å²) >= 11 is 5.63. The van der Waals surface area contributed by atoms with Gasteiger partial charge in [-0.25, -0.2) is 5.43 Å². The molecule has 0 spiro atoms. The van der Waals surface area contributed by atoms with Crippen LogP contribution >= 0.6 is 11.6 Å². The van der Waals surface area contributed by atoms with Gasteiger partial charge in [-0.1, -0.05) is 17.7 Å². The van der Waals surface area contributed by atoms with Gasteiger partial charge in [-0.2, -0.15) is 0 Å². The van der Waals surface area contributed by atoms with E-state index in [9.17, 15) is 19.7 Å². The zero-order chi connectivity index (χ0) is 14.4. The van der Waals surface area contributed by atoms with Crippen LogP contribution in [0.1, 0.15) is 5.56 Å². The van der Waals surface area contributed by atoms with Gasteiger partial charge >= 0.3 is 5.97 Å². The number of aliphatic carboxylic acids is 1. The summed E-state index contributed by atoms with van der Waals surface area (Å²) in [6.45, 7) is -0.450. The number of hydrogen-bond donors (Lipinski definition) is 3. The Balaban J connectivity index is 2.68. The first kappa shape index (κ1) is 14.9. The normalized spacial score (nSPS) is 9.95. The van der Waals surface area contributed by atoms with Gasteiger partial charge in [-0.05, 0) is 6.07 Å². The predicted octanol–water partition coefficient (Wildman–Crippen LogP) is 0.496. The Morgan fingerprint density at radius 2 is 2.11 bits per heavy atom. The van der Waals surface area contributed by atoms with Gasteiger partial charge in [-0.3, -0.25) is 25.1 Å². The number of carboxylic acid groups (broad SMARTS) is 1. The lowest BCUT2D eigenvalue weighted by Gasteiger charge is -2.06. The van der Waals surface area contributed by atoms with Crippen LogP contribution in [0.5, 0.6) is 0 Å². The van der Waals surface area contributed by atoms with Gasteiger partial charge in [0.05, 0.1) is 11.3 Å². The second kappa shape index (κ2) is 6.66. The van der Waals surface area contributed by atoms with Crippen LogP contribution in [-0.2, 0) is 16.0 Å². The van der Waals surface area contributed by atoms with E-state index in [1.807, 2.05) is 0 Å². The minimum absolute atomic E-state index is 0.184. The van der Waals surface area contributed by atoms with Crippen molar-refractivity contribution in [3.05, 3.63) is 38.9 Å². The maximum absolute atomic E-state index is 11.4. The van der Waals surface area contributed by atoms with Gasteiger partial charge < -0.3 is 5.11 Å². The van der Waals surface area contributed by atoms with E-state index < -0.39 is 23.3 Å². The molecule has 0 saturated heterocycles. The van der Waals surface area contributed by atoms with E-state index in [1.54, 1.807) is 0 Å². The van der Waals surface area contributed by atoms with Crippen molar-refractivity contribution >= 4 is 29.2 Å². The van der Waals surface area contributed by atoms with E-state index >= 15 is 0 Å². The minimum atomic E-state index is -1.14.